The summed E-state index contributed by atoms with van der Waals surface area (Å²) in [6.07, 6.45) is 1.35. The van der Waals surface area contributed by atoms with Crippen molar-refractivity contribution in [3.8, 4) is 0 Å². The van der Waals surface area contributed by atoms with Crippen molar-refractivity contribution in [2.45, 2.75) is 18.7 Å². The third-order valence-corrected chi connectivity index (χ3v) is 4.76. The molecule has 0 aliphatic carbocycles. The number of hydrogen-bond donors (Lipinski definition) is 2. The fourth-order valence-electron chi connectivity index (χ4n) is 1.81. The van der Waals surface area contributed by atoms with Crippen molar-refractivity contribution in [1.82, 2.24) is 4.98 Å². The third kappa shape index (κ3) is 2.86. The molecule has 0 saturated heterocycles. The van der Waals surface area contributed by atoms with E-state index in [0.717, 1.165) is 5.56 Å². The lowest BCUT2D eigenvalue weighted by atomic mass is 10.1. The van der Waals surface area contributed by atoms with Gasteiger partial charge in [0.05, 0.1) is 17.6 Å². The average Bonchev–Trinajstić information content (AvgIpc) is 2.37. The highest BCUT2D eigenvalue weighted by Gasteiger charge is 2.21. The number of nitrogens with two attached hydrogens (primary N) is 1. The first-order chi connectivity index (χ1) is 9.31. The van der Waals surface area contributed by atoms with Crippen LogP contribution in [0.15, 0.2) is 35.4 Å². The van der Waals surface area contributed by atoms with Crippen LogP contribution >= 0.6 is 11.6 Å². The molecule has 0 saturated carbocycles. The first-order valence-corrected chi connectivity index (χ1v) is 7.67. The molecule has 0 amide bonds. The Labute approximate surface area is 122 Å². The topological polar surface area (TPSA) is 85.1 Å². The van der Waals surface area contributed by atoms with E-state index in [1.807, 2.05) is 6.92 Å². The van der Waals surface area contributed by atoms with Crippen LogP contribution in [0.1, 0.15) is 11.1 Å². The van der Waals surface area contributed by atoms with Crippen molar-refractivity contribution in [3.63, 3.8) is 0 Å². The van der Waals surface area contributed by atoms with Gasteiger partial charge in [-0.2, -0.15) is 0 Å². The summed E-state index contributed by atoms with van der Waals surface area (Å²) in [6.45, 7) is 3.55. The second kappa shape index (κ2) is 5.30. The smallest absolute Gasteiger partial charge is 0.264 e. The first kappa shape index (κ1) is 14.6. The highest BCUT2D eigenvalue weighted by Crippen LogP contribution is 2.27. The van der Waals surface area contributed by atoms with Crippen molar-refractivity contribution >= 4 is 33.0 Å². The number of nitrogen functional groups attached to an aromatic ring is 1. The normalized spacial score (nSPS) is 11.3. The van der Waals surface area contributed by atoms with Crippen LogP contribution in [0.3, 0.4) is 0 Å². The van der Waals surface area contributed by atoms with Crippen LogP contribution in [0.5, 0.6) is 0 Å². The summed E-state index contributed by atoms with van der Waals surface area (Å²) in [5, 5.41) is 0.291. The van der Waals surface area contributed by atoms with Crippen LogP contribution in [-0.2, 0) is 10.0 Å². The SMILES string of the molecule is Cc1ccc(N)c(S(=O)(=O)Nc2ccc(Cl)nc2)c1C. The molecule has 0 aliphatic rings. The van der Waals surface area contributed by atoms with Gasteiger partial charge in [-0.05, 0) is 43.2 Å². The van der Waals surface area contributed by atoms with Crippen LogP contribution in [0.2, 0.25) is 5.15 Å². The molecule has 0 unspecified atom stereocenters. The Morgan fingerprint density at radius 2 is 1.90 bits per heavy atom. The van der Waals surface area contributed by atoms with E-state index in [-0.39, 0.29) is 10.6 Å². The second-order valence-corrected chi connectivity index (χ2v) is 6.41. The van der Waals surface area contributed by atoms with Crippen molar-refractivity contribution < 1.29 is 8.42 Å². The number of nitrogens with zero attached hydrogens (tertiary/aromatic N) is 1. The van der Waals surface area contributed by atoms with Gasteiger partial charge < -0.3 is 5.73 Å². The summed E-state index contributed by atoms with van der Waals surface area (Å²) >= 11 is 5.66. The maximum absolute atomic E-state index is 12.4. The van der Waals surface area contributed by atoms with Gasteiger partial charge in [0.1, 0.15) is 10.0 Å². The van der Waals surface area contributed by atoms with Crippen LogP contribution in [0.25, 0.3) is 0 Å². The molecule has 0 radical (unpaired) electrons. The predicted octanol–water partition coefficient (Wildman–Crippen LogP) is 2.73. The van der Waals surface area contributed by atoms with Crippen molar-refractivity contribution in [2.24, 2.45) is 0 Å². The molecule has 0 atom stereocenters. The van der Waals surface area contributed by atoms with Crippen LogP contribution in [0, 0.1) is 13.8 Å². The molecule has 1 aromatic carbocycles. The summed E-state index contributed by atoms with van der Waals surface area (Å²) in [4.78, 5) is 3.92. The largest absolute Gasteiger partial charge is 0.398 e. The Morgan fingerprint density at radius 1 is 1.20 bits per heavy atom. The number of hydrogen-bond acceptors (Lipinski definition) is 4. The van der Waals surface area contributed by atoms with Gasteiger partial charge in [0.25, 0.3) is 10.0 Å². The van der Waals surface area contributed by atoms with E-state index < -0.39 is 10.0 Å². The van der Waals surface area contributed by atoms with E-state index >= 15 is 0 Å². The molecule has 5 nitrogen and oxygen atoms in total. The van der Waals surface area contributed by atoms with Gasteiger partial charge in [-0.25, -0.2) is 13.4 Å². The minimum absolute atomic E-state index is 0.0902. The lowest BCUT2D eigenvalue weighted by Gasteiger charge is -2.14. The monoisotopic (exact) mass is 311 g/mol. The van der Waals surface area contributed by atoms with Crippen molar-refractivity contribution in [3.05, 3.63) is 46.7 Å². The number of halogens is 1. The maximum Gasteiger partial charge on any atom is 0.264 e. The number of nitrogens with one attached hydrogen (secondary N) is 1. The number of aromatic nitrogens is 1. The van der Waals surface area contributed by atoms with Crippen molar-refractivity contribution in [2.75, 3.05) is 10.5 Å². The van der Waals surface area contributed by atoms with Gasteiger partial charge in [0.15, 0.2) is 0 Å². The molecule has 2 rings (SSSR count). The van der Waals surface area contributed by atoms with Crippen molar-refractivity contribution in [1.29, 1.82) is 0 Å². The Kier molecular flexibility index (Phi) is 3.87. The maximum atomic E-state index is 12.4. The molecule has 3 N–H and O–H groups in total. The number of pyridine rings is 1. The van der Waals surface area contributed by atoms with Gasteiger partial charge >= 0.3 is 0 Å². The summed E-state index contributed by atoms with van der Waals surface area (Å²) in [5.74, 6) is 0. The standard InChI is InChI=1S/C13H14ClN3O2S/c1-8-3-5-11(15)13(9(8)2)20(18,19)17-10-4-6-12(14)16-7-10/h3-7,17H,15H2,1-2H3. The quantitative estimate of drug-likeness (QED) is 0.674. The van der Waals surface area contributed by atoms with Gasteiger partial charge in [-0.15, -0.1) is 0 Å². The second-order valence-electron chi connectivity index (χ2n) is 4.40. The molecule has 1 aromatic heterocycles. The minimum atomic E-state index is -3.77. The molecule has 0 spiro atoms. The third-order valence-electron chi connectivity index (χ3n) is 2.96. The summed E-state index contributed by atoms with van der Waals surface area (Å²) in [6, 6.07) is 6.41. The molecular weight excluding hydrogens is 298 g/mol. The fraction of sp³-hybridized carbons (Fsp3) is 0.154. The molecule has 106 valence electrons. The van der Waals surface area contributed by atoms with Crippen LogP contribution < -0.4 is 10.5 Å². The highest BCUT2D eigenvalue weighted by molar-refractivity contribution is 7.93. The van der Waals surface area contributed by atoms with Gasteiger partial charge in [-0.3, -0.25) is 4.72 Å². The van der Waals surface area contributed by atoms with E-state index in [0.29, 0.717) is 16.4 Å². The molecule has 2 aromatic rings. The first-order valence-electron chi connectivity index (χ1n) is 5.81. The molecule has 0 aliphatic heterocycles. The van der Waals surface area contributed by atoms with Crippen LogP contribution in [-0.4, -0.2) is 13.4 Å². The average molecular weight is 312 g/mol. The zero-order valence-electron chi connectivity index (χ0n) is 11.0. The predicted molar refractivity (Wildman–Crippen MR) is 80.4 cm³/mol. The minimum Gasteiger partial charge on any atom is -0.398 e. The van der Waals surface area contributed by atoms with Gasteiger partial charge in [0.2, 0.25) is 0 Å². The molecule has 7 heteroatoms. The summed E-state index contributed by atoms with van der Waals surface area (Å²) < 4.78 is 27.3. The Bertz CT molecular complexity index is 743. The van der Waals surface area contributed by atoms with E-state index in [4.69, 9.17) is 17.3 Å². The molecule has 1 heterocycles. The Morgan fingerprint density at radius 3 is 2.50 bits per heavy atom. The fourth-order valence-corrected chi connectivity index (χ4v) is 3.40. The zero-order chi connectivity index (χ0) is 14.9. The number of rotatable bonds is 3. The molecule has 0 bridgehead atoms. The van der Waals surface area contributed by atoms with Crippen LogP contribution in [0.4, 0.5) is 11.4 Å². The lowest BCUT2D eigenvalue weighted by Crippen LogP contribution is -2.16. The highest BCUT2D eigenvalue weighted by atomic mass is 35.5. The molecular formula is C13H14ClN3O2S. The number of benzene rings is 1. The Hall–Kier alpha value is -1.79. The summed E-state index contributed by atoms with van der Waals surface area (Å²) in [5.41, 5.74) is 7.82. The number of sulfonamides is 1. The number of anilines is 2. The van der Waals surface area contributed by atoms with Gasteiger partial charge in [0, 0.05) is 0 Å². The summed E-state index contributed by atoms with van der Waals surface area (Å²) in [7, 11) is -3.77. The zero-order valence-corrected chi connectivity index (χ0v) is 12.6. The number of aryl methyl sites for hydroxylation is 1. The molecule has 0 fully saturated rings. The van der Waals surface area contributed by atoms with E-state index in [2.05, 4.69) is 9.71 Å². The lowest BCUT2D eigenvalue weighted by molar-refractivity contribution is 0.601. The molecule has 20 heavy (non-hydrogen) atoms. The Balaban J connectivity index is 2.46. The van der Waals surface area contributed by atoms with E-state index in [1.165, 1.54) is 18.3 Å². The van der Waals surface area contributed by atoms with Gasteiger partial charge in [-0.1, -0.05) is 17.7 Å². The van der Waals surface area contributed by atoms with E-state index in [9.17, 15) is 8.42 Å². The van der Waals surface area contributed by atoms with E-state index in [1.54, 1.807) is 19.1 Å².